The summed E-state index contributed by atoms with van der Waals surface area (Å²) < 4.78 is 32.5. The Labute approximate surface area is 173 Å². The Hall–Kier alpha value is -2.22. The largest absolute Gasteiger partial charge is 0.497 e. The average molecular weight is 418 g/mol. The zero-order valence-electron chi connectivity index (χ0n) is 17.2. The van der Waals surface area contributed by atoms with Gasteiger partial charge in [0.2, 0.25) is 15.8 Å². The van der Waals surface area contributed by atoms with Gasteiger partial charge in [-0.05, 0) is 47.9 Å². The minimum absolute atomic E-state index is 0.0586. The number of benzene rings is 2. The van der Waals surface area contributed by atoms with E-state index in [1.807, 2.05) is 12.1 Å². The summed E-state index contributed by atoms with van der Waals surface area (Å²) in [6.07, 6.45) is 0. The van der Waals surface area contributed by atoms with E-state index in [1.165, 1.54) is 4.31 Å². The third-order valence-electron chi connectivity index (χ3n) is 5.44. The molecule has 1 aliphatic rings. The molecule has 0 unspecified atom stereocenters. The van der Waals surface area contributed by atoms with Crippen molar-refractivity contribution in [1.29, 1.82) is 0 Å². The van der Waals surface area contributed by atoms with Crippen LogP contribution in [0.1, 0.15) is 35.7 Å². The van der Waals surface area contributed by atoms with E-state index in [4.69, 9.17) is 4.74 Å². The van der Waals surface area contributed by atoms with Crippen molar-refractivity contribution in [3.8, 4) is 5.75 Å². The van der Waals surface area contributed by atoms with Gasteiger partial charge in [-0.1, -0.05) is 26.0 Å². The Kier molecular flexibility index (Phi) is 6.72. The Balaban J connectivity index is 1.58. The number of piperazine rings is 1. The molecule has 3 rings (SSSR count). The monoisotopic (exact) mass is 417 g/mol. The molecule has 0 atom stereocenters. The number of sulfonamides is 1. The number of hydrogen-bond acceptors (Lipinski definition) is 4. The maximum atomic E-state index is 12.9. The first kappa shape index (κ1) is 21.5. The molecule has 2 aromatic rings. The lowest BCUT2D eigenvalue weighted by Crippen LogP contribution is -3.15. The fourth-order valence-corrected chi connectivity index (χ4v) is 4.94. The van der Waals surface area contributed by atoms with Crippen LogP contribution in [0.3, 0.4) is 0 Å². The molecule has 2 aromatic carbocycles. The molecule has 0 radical (unpaired) electrons. The van der Waals surface area contributed by atoms with E-state index in [0.717, 1.165) is 10.5 Å². The smallest absolute Gasteiger partial charge is 0.243 e. The van der Waals surface area contributed by atoms with Gasteiger partial charge in [0.15, 0.2) is 0 Å². The number of nitrogens with zero attached hydrogens (tertiary/aromatic N) is 1. The van der Waals surface area contributed by atoms with Crippen LogP contribution in [0.15, 0.2) is 53.4 Å². The molecule has 0 aliphatic carbocycles. The summed E-state index contributed by atoms with van der Waals surface area (Å²) in [5, 5.41) is 0. The summed E-state index contributed by atoms with van der Waals surface area (Å²) in [7, 11) is -1.90. The van der Waals surface area contributed by atoms with Gasteiger partial charge >= 0.3 is 0 Å². The molecule has 1 saturated heterocycles. The van der Waals surface area contributed by atoms with Crippen molar-refractivity contribution < 1.29 is 22.8 Å². The van der Waals surface area contributed by atoms with Crippen LogP contribution in [0.25, 0.3) is 0 Å². The van der Waals surface area contributed by atoms with Crippen molar-refractivity contribution in [2.24, 2.45) is 0 Å². The first-order valence-corrected chi connectivity index (χ1v) is 11.4. The number of ether oxygens (including phenoxy) is 1. The average Bonchev–Trinajstić information content (AvgIpc) is 2.74. The van der Waals surface area contributed by atoms with E-state index in [9.17, 15) is 13.2 Å². The van der Waals surface area contributed by atoms with E-state index < -0.39 is 10.0 Å². The summed E-state index contributed by atoms with van der Waals surface area (Å²) in [6.45, 7) is 6.59. The van der Waals surface area contributed by atoms with Gasteiger partial charge in [-0.25, -0.2) is 8.42 Å². The topological polar surface area (TPSA) is 68.1 Å². The van der Waals surface area contributed by atoms with Crippen molar-refractivity contribution in [3.63, 3.8) is 0 Å². The van der Waals surface area contributed by atoms with E-state index in [2.05, 4.69) is 13.8 Å². The van der Waals surface area contributed by atoms with Crippen LogP contribution in [0.2, 0.25) is 0 Å². The molecular weight excluding hydrogens is 388 g/mol. The zero-order valence-corrected chi connectivity index (χ0v) is 18.0. The Morgan fingerprint density at radius 3 is 2.14 bits per heavy atom. The number of quaternary nitrogens is 1. The number of ketones is 1. The van der Waals surface area contributed by atoms with E-state index in [1.54, 1.807) is 43.5 Å². The van der Waals surface area contributed by atoms with E-state index in [-0.39, 0.29) is 5.78 Å². The standard InChI is InChI=1S/C22H28N2O4S/c1-17(2)18-6-10-21(11-7-18)29(26,27)24-14-12-23(13-15-24)16-22(25)19-4-8-20(28-3)9-5-19/h4-11,17H,12-16H2,1-3H3/p+1. The van der Waals surface area contributed by atoms with Crippen LogP contribution in [0.4, 0.5) is 0 Å². The minimum Gasteiger partial charge on any atom is -0.497 e. The molecule has 0 spiro atoms. The van der Waals surface area contributed by atoms with Gasteiger partial charge in [0.25, 0.3) is 0 Å². The normalized spacial score (nSPS) is 16.1. The molecule has 156 valence electrons. The van der Waals surface area contributed by atoms with Crippen LogP contribution < -0.4 is 9.64 Å². The Morgan fingerprint density at radius 2 is 1.62 bits per heavy atom. The van der Waals surface area contributed by atoms with E-state index >= 15 is 0 Å². The lowest BCUT2D eigenvalue weighted by atomic mass is 10.0. The van der Waals surface area contributed by atoms with Gasteiger partial charge in [0.05, 0.1) is 38.2 Å². The lowest BCUT2D eigenvalue weighted by molar-refractivity contribution is -0.895. The lowest BCUT2D eigenvalue weighted by Gasteiger charge is -2.31. The molecule has 1 fully saturated rings. The highest BCUT2D eigenvalue weighted by molar-refractivity contribution is 7.89. The number of rotatable bonds is 7. The third kappa shape index (κ3) is 5.04. The number of Topliss-reactive ketones (excluding diaryl/α,β-unsaturated/α-hetero) is 1. The predicted octanol–water partition coefficient (Wildman–Crippen LogP) is 1.59. The zero-order chi connectivity index (χ0) is 21.0. The molecule has 0 amide bonds. The number of nitrogens with one attached hydrogen (secondary N) is 1. The molecule has 1 heterocycles. The second-order valence-corrected chi connectivity index (χ2v) is 9.64. The van der Waals surface area contributed by atoms with E-state index in [0.29, 0.717) is 54.9 Å². The second kappa shape index (κ2) is 9.07. The van der Waals surface area contributed by atoms with Crippen molar-refractivity contribution in [2.75, 3.05) is 39.8 Å². The Morgan fingerprint density at radius 1 is 1.03 bits per heavy atom. The van der Waals surface area contributed by atoms with Gasteiger partial charge in [-0.2, -0.15) is 4.31 Å². The molecule has 1 N–H and O–H groups in total. The van der Waals surface area contributed by atoms with Gasteiger partial charge < -0.3 is 9.64 Å². The second-order valence-electron chi connectivity index (χ2n) is 7.71. The number of carbonyl (C=O) groups excluding carboxylic acids is 1. The summed E-state index contributed by atoms with van der Waals surface area (Å²) in [5.74, 6) is 1.14. The molecule has 0 bridgehead atoms. The highest BCUT2D eigenvalue weighted by atomic mass is 32.2. The maximum Gasteiger partial charge on any atom is 0.243 e. The molecular formula is C22H29N2O4S+. The predicted molar refractivity (Wildman–Crippen MR) is 112 cm³/mol. The first-order valence-electron chi connectivity index (χ1n) is 9.92. The molecule has 0 saturated carbocycles. The van der Waals surface area contributed by atoms with Gasteiger partial charge in [0, 0.05) is 5.56 Å². The van der Waals surface area contributed by atoms with Crippen molar-refractivity contribution >= 4 is 15.8 Å². The molecule has 1 aliphatic heterocycles. The van der Waals surface area contributed by atoms with Gasteiger partial charge in [-0.15, -0.1) is 0 Å². The first-order chi connectivity index (χ1) is 13.8. The SMILES string of the molecule is COc1ccc(C(=O)C[NH+]2CCN(S(=O)(=O)c3ccc(C(C)C)cc3)CC2)cc1. The fourth-order valence-electron chi connectivity index (χ4n) is 3.50. The van der Waals surface area contributed by atoms with Crippen LogP contribution >= 0.6 is 0 Å². The summed E-state index contributed by atoms with van der Waals surface area (Å²) in [6, 6.07) is 14.2. The molecule has 7 heteroatoms. The van der Waals surface area contributed by atoms with Crippen LogP contribution in [0, 0.1) is 0 Å². The summed E-state index contributed by atoms with van der Waals surface area (Å²) in [4.78, 5) is 13.9. The Bertz CT molecular complexity index is 930. The molecule has 29 heavy (non-hydrogen) atoms. The van der Waals surface area contributed by atoms with Crippen LogP contribution in [0.5, 0.6) is 5.75 Å². The third-order valence-corrected chi connectivity index (χ3v) is 7.35. The summed E-state index contributed by atoms with van der Waals surface area (Å²) in [5.41, 5.74) is 1.77. The maximum absolute atomic E-state index is 12.9. The molecule has 6 nitrogen and oxygen atoms in total. The summed E-state index contributed by atoms with van der Waals surface area (Å²) >= 11 is 0. The van der Waals surface area contributed by atoms with Crippen LogP contribution in [-0.4, -0.2) is 58.3 Å². The van der Waals surface area contributed by atoms with Crippen molar-refractivity contribution in [1.82, 2.24) is 4.31 Å². The molecule has 0 aromatic heterocycles. The van der Waals surface area contributed by atoms with Gasteiger partial charge in [0.1, 0.15) is 12.3 Å². The van der Waals surface area contributed by atoms with Crippen LogP contribution in [-0.2, 0) is 10.0 Å². The fraction of sp³-hybridized carbons (Fsp3) is 0.409. The highest BCUT2D eigenvalue weighted by Gasteiger charge is 2.31. The number of carbonyl (C=O) groups is 1. The quantitative estimate of drug-likeness (QED) is 0.695. The highest BCUT2D eigenvalue weighted by Crippen LogP contribution is 2.20. The van der Waals surface area contributed by atoms with Gasteiger partial charge in [-0.3, -0.25) is 4.79 Å². The van der Waals surface area contributed by atoms with Crippen molar-refractivity contribution in [2.45, 2.75) is 24.7 Å². The number of methoxy groups -OCH3 is 1. The minimum atomic E-state index is -3.50. The van der Waals surface area contributed by atoms with Crippen molar-refractivity contribution in [3.05, 3.63) is 59.7 Å². The number of hydrogen-bond donors (Lipinski definition) is 1.